The van der Waals surface area contributed by atoms with Gasteiger partial charge in [-0.2, -0.15) is 0 Å². The first-order chi connectivity index (χ1) is 8.75. The van der Waals surface area contributed by atoms with Crippen LogP contribution in [-0.4, -0.2) is 17.4 Å². The van der Waals surface area contributed by atoms with Crippen molar-refractivity contribution in [3.05, 3.63) is 42.1 Å². The molecule has 0 spiro atoms. The summed E-state index contributed by atoms with van der Waals surface area (Å²) in [6.45, 7) is 1.59. The second-order valence-electron chi connectivity index (χ2n) is 4.28. The maximum atomic E-state index is 10.6. The Kier molecular flexibility index (Phi) is 4.25. The minimum absolute atomic E-state index is 0.242. The third-order valence-electron chi connectivity index (χ3n) is 2.77. The molecule has 18 heavy (non-hydrogen) atoms. The van der Waals surface area contributed by atoms with Crippen LogP contribution in [0.25, 0.3) is 10.9 Å². The molecule has 2 rings (SSSR count). The normalized spacial score (nSPS) is 10.7. The molecule has 94 valence electrons. The summed E-state index contributed by atoms with van der Waals surface area (Å²) in [5.74, 6) is -0.242. The van der Waals surface area contributed by atoms with E-state index in [1.54, 1.807) is 6.20 Å². The van der Waals surface area contributed by atoms with E-state index >= 15 is 0 Å². The summed E-state index contributed by atoms with van der Waals surface area (Å²) < 4.78 is 0. The molecule has 1 amide bonds. The summed E-state index contributed by atoms with van der Waals surface area (Å²) in [5, 5.41) is 4.44. The van der Waals surface area contributed by atoms with Crippen molar-refractivity contribution in [3.8, 4) is 0 Å². The first kappa shape index (κ1) is 12.5. The zero-order chi connectivity index (χ0) is 12.8. The third-order valence-corrected chi connectivity index (χ3v) is 2.77. The van der Waals surface area contributed by atoms with Gasteiger partial charge < -0.3 is 11.1 Å². The van der Waals surface area contributed by atoms with E-state index in [4.69, 9.17) is 5.73 Å². The summed E-state index contributed by atoms with van der Waals surface area (Å²) in [7, 11) is 0. The number of hydrogen-bond acceptors (Lipinski definition) is 3. The molecule has 3 N–H and O–H groups in total. The Morgan fingerprint density at radius 2 is 2.22 bits per heavy atom. The number of pyridine rings is 1. The molecule has 0 unspecified atom stereocenters. The molecular formula is C14H17N3O. The molecule has 0 aliphatic rings. The van der Waals surface area contributed by atoms with Crippen LogP contribution in [-0.2, 0) is 11.3 Å². The molecule has 0 radical (unpaired) electrons. The highest BCUT2D eigenvalue weighted by atomic mass is 16.1. The Morgan fingerprint density at radius 1 is 1.33 bits per heavy atom. The van der Waals surface area contributed by atoms with E-state index < -0.39 is 0 Å². The van der Waals surface area contributed by atoms with Crippen LogP contribution in [0.1, 0.15) is 18.4 Å². The molecule has 0 atom stereocenters. The highest BCUT2D eigenvalue weighted by Gasteiger charge is 1.97. The molecule has 0 bridgehead atoms. The summed E-state index contributed by atoms with van der Waals surface area (Å²) in [4.78, 5) is 14.8. The lowest BCUT2D eigenvalue weighted by atomic mass is 10.1. The highest BCUT2D eigenvalue weighted by molar-refractivity contribution is 5.78. The fraction of sp³-hybridized carbons (Fsp3) is 0.286. The SMILES string of the molecule is NC(=O)CCCNCc1ccc2ncccc2c1. The Morgan fingerprint density at radius 3 is 3.06 bits per heavy atom. The van der Waals surface area contributed by atoms with Crippen LogP contribution < -0.4 is 11.1 Å². The smallest absolute Gasteiger partial charge is 0.217 e. The average Bonchev–Trinajstić information content (AvgIpc) is 2.38. The number of aromatic nitrogens is 1. The van der Waals surface area contributed by atoms with Gasteiger partial charge >= 0.3 is 0 Å². The van der Waals surface area contributed by atoms with Crippen molar-refractivity contribution in [3.63, 3.8) is 0 Å². The zero-order valence-electron chi connectivity index (χ0n) is 10.2. The van der Waals surface area contributed by atoms with Gasteiger partial charge in [-0.05, 0) is 36.7 Å². The first-order valence-corrected chi connectivity index (χ1v) is 6.08. The van der Waals surface area contributed by atoms with Crippen LogP contribution in [0, 0.1) is 0 Å². The molecule has 0 saturated carbocycles. The van der Waals surface area contributed by atoms with E-state index in [0.29, 0.717) is 6.42 Å². The summed E-state index contributed by atoms with van der Waals surface area (Å²) in [6, 6.07) is 10.2. The molecule has 2 aromatic rings. The number of fused-ring (bicyclic) bond motifs is 1. The van der Waals surface area contributed by atoms with Gasteiger partial charge in [0.25, 0.3) is 0 Å². The van der Waals surface area contributed by atoms with Gasteiger partial charge in [-0.25, -0.2) is 0 Å². The quantitative estimate of drug-likeness (QED) is 0.757. The van der Waals surface area contributed by atoms with Crippen LogP contribution in [0.5, 0.6) is 0 Å². The fourth-order valence-electron chi connectivity index (χ4n) is 1.86. The summed E-state index contributed by atoms with van der Waals surface area (Å²) >= 11 is 0. The highest BCUT2D eigenvalue weighted by Crippen LogP contribution is 2.12. The standard InChI is InChI=1S/C14H17N3O/c15-14(18)4-2-7-16-10-11-5-6-13-12(9-11)3-1-8-17-13/h1,3,5-6,8-9,16H,2,4,7,10H2,(H2,15,18). The van der Waals surface area contributed by atoms with Gasteiger partial charge in [0.1, 0.15) is 0 Å². The van der Waals surface area contributed by atoms with Crippen LogP contribution in [0.15, 0.2) is 36.5 Å². The number of rotatable bonds is 6. The number of carbonyl (C=O) groups is 1. The minimum Gasteiger partial charge on any atom is -0.370 e. The molecule has 1 aromatic heterocycles. The maximum absolute atomic E-state index is 10.6. The zero-order valence-corrected chi connectivity index (χ0v) is 10.2. The van der Waals surface area contributed by atoms with Gasteiger partial charge in [0.2, 0.25) is 5.91 Å². The summed E-state index contributed by atoms with van der Waals surface area (Å²) in [5.41, 5.74) is 7.30. The van der Waals surface area contributed by atoms with Gasteiger partial charge in [0.15, 0.2) is 0 Å². The third kappa shape index (κ3) is 3.53. The topological polar surface area (TPSA) is 68.0 Å². The van der Waals surface area contributed by atoms with Crippen molar-refractivity contribution >= 4 is 16.8 Å². The number of amides is 1. The number of carbonyl (C=O) groups excluding carboxylic acids is 1. The van der Waals surface area contributed by atoms with Gasteiger partial charge in [0, 0.05) is 24.5 Å². The minimum atomic E-state index is -0.242. The van der Waals surface area contributed by atoms with Crippen LogP contribution in [0.2, 0.25) is 0 Å². The molecule has 0 fully saturated rings. The van der Waals surface area contributed by atoms with Gasteiger partial charge in [-0.3, -0.25) is 9.78 Å². The van der Waals surface area contributed by atoms with E-state index in [2.05, 4.69) is 28.5 Å². The number of hydrogen-bond donors (Lipinski definition) is 2. The van der Waals surface area contributed by atoms with Crippen molar-refractivity contribution in [2.75, 3.05) is 6.54 Å². The number of nitrogens with zero attached hydrogens (tertiary/aromatic N) is 1. The second kappa shape index (κ2) is 6.12. The maximum Gasteiger partial charge on any atom is 0.217 e. The predicted octanol–water partition coefficient (Wildman–Crippen LogP) is 1.59. The molecule has 0 saturated heterocycles. The van der Waals surface area contributed by atoms with E-state index in [0.717, 1.165) is 30.4 Å². The largest absolute Gasteiger partial charge is 0.370 e. The molecule has 4 heteroatoms. The Hall–Kier alpha value is -1.94. The van der Waals surface area contributed by atoms with Crippen molar-refractivity contribution in [1.29, 1.82) is 0 Å². The Bertz CT molecular complexity index is 539. The molecule has 1 heterocycles. The number of nitrogens with one attached hydrogen (secondary N) is 1. The van der Waals surface area contributed by atoms with Crippen molar-refractivity contribution < 1.29 is 4.79 Å². The molecular weight excluding hydrogens is 226 g/mol. The van der Waals surface area contributed by atoms with Gasteiger partial charge in [0.05, 0.1) is 5.52 Å². The number of nitrogens with two attached hydrogens (primary N) is 1. The van der Waals surface area contributed by atoms with E-state index in [1.807, 2.05) is 12.1 Å². The van der Waals surface area contributed by atoms with Crippen molar-refractivity contribution in [1.82, 2.24) is 10.3 Å². The Balaban J connectivity index is 1.86. The first-order valence-electron chi connectivity index (χ1n) is 6.08. The van der Waals surface area contributed by atoms with Crippen molar-refractivity contribution in [2.24, 2.45) is 5.73 Å². The van der Waals surface area contributed by atoms with Gasteiger partial charge in [-0.15, -0.1) is 0 Å². The Labute approximate surface area is 106 Å². The van der Waals surface area contributed by atoms with Crippen LogP contribution >= 0.6 is 0 Å². The van der Waals surface area contributed by atoms with E-state index in [9.17, 15) is 4.79 Å². The summed E-state index contributed by atoms with van der Waals surface area (Å²) in [6.07, 6.45) is 3.02. The average molecular weight is 243 g/mol. The van der Waals surface area contributed by atoms with Crippen molar-refractivity contribution in [2.45, 2.75) is 19.4 Å². The lowest BCUT2D eigenvalue weighted by molar-refractivity contribution is -0.118. The molecule has 0 aliphatic carbocycles. The molecule has 1 aromatic carbocycles. The lowest BCUT2D eigenvalue weighted by Crippen LogP contribution is -2.18. The molecule has 4 nitrogen and oxygen atoms in total. The predicted molar refractivity (Wildman–Crippen MR) is 71.9 cm³/mol. The van der Waals surface area contributed by atoms with Crippen LogP contribution in [0.4, 0.5) is 0 Å². The molecule has 0 aliphatic heterocycles. The second-order valence-corrected chi connectivity index (χ2v) is 4.28. The monoisotopic (exact) mass is 243 g/mol. The van der Waals surface area contributed by atoms with Gasteiger partial charge in [-0.1, -0.05) is 12.1 Å². The van der Waals surface area contributed by atoms with Crippen LogP contribution in [0.3, 0.4) is 0 Å². The lowest BCUT2D eigenvalue weighted by Gasteiger charge is -2.05. The van der Waals surface area contributed by atoms with E-state index in [-0.39, 0.29) is 5.91 Å². The number of primary amides is 1. The number of benzene rings is 1. The fourth-order valence-corrected chi connectivity index (χ4v) is 1.86. The van der Waals surface area contributed by atoms with E-state index in [1.165, 1.54) is 5.56 Å².